The lowest BCUT2D eigenvalue weighted by Gasteiger charge is -2.14. The van der Waals surface area contributed by atoms with E-state index in [0.29, 0.717) is 5.82 Å². The molecule has 11 aromatic rings. The second-order valence-electron chi connectivity index (χ2n) is 14.6. The summed E-state index contributed by atoms with van der Waals surface area (Å²) in [6.07, 6.45) is 0. The van der Waals surface area contributed by atoms with Gasteiger partial charge in [0.2, 0.25) is 0 Å². The highest BCUT2D eigenvalue weighted by atomic mass is 16.3. The first kappa shape index (κ1) is 32.8. The summed E-state index contributed by atoms with van der Waals surface area (Å²) in [5.41, 5.74) is 13.3. The van der Waals surface area contributed by atoms with E-state index in [9.17, 15) is 0 Å². The van der Waals surface area contributed by atoms with Crippen molar-refractivity contribution >= 4 is 43.5 Å². The third-order valence-electron chi connectivity index (χ3n) is 11.0. The monoisotopic (exact) mass is 726 g/mol. The van der Waals surface area contributed by atoms with E-state index in [4.69, 9.17) is 14.4 Å². The van der Waals surface area contributed by atoms with Gasteiger partial charge in [-0.1, -0.05) is 152 Å². The van der Waals surface area contributed by atoms with E-state index in [-0.39, 0.29) is 0 Å². The number of fused-ring (bicyclic) bond motifs is 6. The van der Waals surface area contributed by atoms with Crippen molar-refractivity contribution in [1.29, 1.82) is 0 Å². The Hall–Kier alpha value is -7.62. The van der Waals surface area contributed by atoms with Gasteiger partial charge in [0.1, 0.15) is 11.2 Å². The maximum Gasteiger partial charge on any atom is 0.160 e. The molecule has 0 saturated heterocycles. The average Bonchev–Trinajstić information content (AvgIpc) is 3.67. The number of hydrogen-bond donors (Lipinski definition) is 0. The van der Waals surface area contributed by atoms with Crippen molar-refractivity contribution in [3.05, 3.63) is 206 Å². The van der Waals surface area contributed by atoms with Crippen LogP contribution >= 0.6 is 0 Å². The zero-order valence-corrected chi connectivity index (χ0v) is 30.9. The Morgan fingerprint density at radius 3 is 1.54 bits per heavy atom. The molecule has 0 N–H and O–H groups in total. The van der Waals surface area contributed by atoms with Crippen molar-refractivity contribution in [3.8, 4) is 67.3 Å². The molecule has 57 heavy (non-hydrogen) atoms. The molecule has 0 bridgehead atoms. The summed E-state index contributed by atoms with van der Waals surface area (Å²) in [6.45, 7) is 0. The van der Waals surface area contributed by atoms with Gasteiger partial charge >= 0.3 is 0 Å². The van der Waals surface area contributed by atoms with Crippen LogP contribution in [0, 0.1) is 0 Å². The molecular weight excluding hydrogens is 693 g/mol. The Bertz CT molecular complexity index is 3230. The molecule has 266 valence electrons. The predicted molar refractivity (Wildman–Crippen MR) is 237 cm³/mol. The molecule has 3 nitrogen and oxygen atoms in total. The summed E-state index contributed by atoms with van der Waals surface area (Å²) in [6, 6.07) is 73.0. The van der Waals surface area contributed by atoms with Crippen LogP contribution in [0.5, 0.6) is 0 Å². The fourth-order valence-electron chi connectivity index (χ4n) is 8.14. The van der Waals surface area contributed by atoms with Gasteiger partial charge in [-0.2, -0.15) is 0 Å². The first-order valence-corrected chi connectivity index (χ1v) is 19.3. The molecule has 9 aromatic carbocycles. The van der Waals surface area contributed by atoms with Gasteiger partial charge in [0.25, 0.3) is 0 Å². The van der Waals surface area contributed by atoms with Crippen LogP contribution < -0.4 is 0 Å². The molecule has 0 amide bonds. The van der Waals surface area contributed by atoms with Crippen molar-refractivity contribution in [1.82, 2.24) is 9.97 Å². The van der Waals surface area contributed by atoms with E-state index < -0.39 is 0 Å². The summed E-state index contributed by atoms with van der Waals surface area (Å²) in [4.78, 5) is 10.3. The Morgan fingerprint density at radius 1 is 0.263 bits per heavy atom. The largest absolute Gasteiger partial charge is 0.456 e. The van der Waals surface area contributed by atoms with E-state index in [1.54, 1.807) is 0 Å². The number of nitrogens with zero attached hydrogens (tertiary/aromatic N) is 2. The van der Waals surface area contributed by atoms with E-state index in [2.05, 4.69) is 170 Å². The summed E-state index contributed by atoms with van der Waals surface area (Å²) < 4.78 is 6.23. The maximum absolute atomic E-state index is 6.23. The number of para-hydroxylation sites is 1. The van der Waals surface area contributed by atoms with Gasteiger partial charge in [0.15, 0.2) is 5.82 Å². The maximum atomic E-state index is 6.23. The van der Waals surface area contributed by atoms with Crippen LogP contribution in [-0.2, 0) is 0 Å². The lowest BCUT2D eigenvalue weighted by atomic mass is 9.92. The topological polar surface area (TPSA) is 38.9 Å². The molecule has 0 unspecified atom stereocenters. The third kappa shape index (κ3) is 6.03. The van der Waals surface area contributed by atoms with Crippen LogP contribution in [0.2, 0.25) is 0 Å². The van der Waals surface area contributed by atoms with Gasteiger partial charge in [-0.25, -0.2) is 9.97 Å². The average molecular weight is 727 g/mol. The predicted octanol–water partition coefficient (Wildman–Crippen LogP) is 14.7. The minimum Gasteiger partial charge on any atom is -0.456 e. The number of benzene rings is 9. The van der Waals surface area contributed by atoms with Crippen LogP contribution in [0.3, 0.4) is 0 Å². The fourth-order valence-corrected chi connectivity index (χ4v) is 8.14. The van der Waals surface area contributed by atoms with Crippen molar-refractivity contribution in [3.63, 3.8) is 0 Å². The summed E-state index contributed by atoms with van der Waals surface area (Å²) in [7, 11) is 0. The molecule has 0 saturated carbocycles. The third-order valence-corrected chi connectivity index (χ3v) is 11.0. The second kappa shape index (κ2) is 13.6. The van der Waals surface area contributed by atoms with Crippen LogP contribution in [0.4, 0.5) is 0 Å². The Labute approximate surface area is 330 Å². The van der Waals surface area contributed by atoms with Crippen LogP contribution in [0.1, 0.15) is 0 Å². The summed E-state index contributed by atoms with van der Waals surface area (Å²) in [5.74, 6) is 0.691. The van der Waals surface area contributed by atoms with Crippen LogP contribution in [-0.4, -0.2) is 9.97 Å². The number of aromatic nitrogens is 2. The van der Waals surface area contributed by atoms with Gasteiger partial charge in [-0.3, -0.25) is 0 Å². The molecular formula is C54H34N2O. The Morgan fingerprint density at radius 2 is 0.754 bits per heavy atom. The number of furan rings is 1. The quantitative estimate of drug-likeness (QED) is 0.160. The summed E-state index contributed by atoms with van der Waals surface area (Å²) >= 11 is 0. The molecule has 0 aliphatic heterocycles. The highest BCUT2D eigenvalue weighted by molar-refractivity contribution is 6.09. The second-order valence-corrected chi connectivity index (χ2v) is 14.6. The zero-order chi connectivity index (χ0) is 37.7. The minimum absolute atomic E-state index is 0.691. The van der Waals surface area contributed by atoms with Gasteiger partial charge in [0, 0.05) is 27.5 Å². The normalized spacial score (nSPS) is 11.5. The standard InChI is InChI=1S/C54H34N2O/c1-3-13-37(14-4-1)50-34-51(56-54(55-50)38-15-5-2-6-16-38)45-30-43(29-44(31-45)42-26-27-53-49(33-42)47-20-9-10-21-52(47)57-53)40-18-11-17-39(28-40)41-25-24-36-23-22-35-12-7-8-19-46(35)48(36)32-41/h1-34H. The molecule has 0 aliphatic rings. The highest BCUT2D eigenvalue weighted by Crippen LogP contribution is 2.39. The van der Waals surface area contributed by atoms with Crippen molar-refractivity contribution in [2.24, 2.45) is 0 Å². The van der Waals surface area contributed by atoms with Crippen molar-refractivity contribution in [2.45, 2.75) is 0 Å². The highest BCUT2D eigenvalue weighted by Gasteiger charge is 2.16. The first-order valence-electron chi connectivity index (χ1n) is 19.3. The lowest BCUT2D eigenvalue weighted by Crippen LogP contribution is -1.96. The SMILES string of the molecule is c1ccc(-c2cc(-c3cc(-c4cccc(-c5ccc6ccc7ccccc7c6c5)c4)cc(-c4ccc5oc6ccccc6c5c4)c3)nc(-c3ccccc3)n2)cc1. The van der Waals surface area contributed by atoms with E-state index in [0.717, 1.165) is 72.3 Å². The minimum atomic E-state index is 0.691. The van der Waals surface area contributed by atoms with Gasteiger partial charge in [-0.15, -0.1) is 0 Å². The van der Waals surface area contributed by atoms with E-state index in [1.807, 2.05) is 36.4 Å². The molecule has 0 aliphatic carbocycles. The molecule has 0 spiro atoms. The van der Waals surface area contributed by atoms with Crippen molar-refractivity contribution in [2.75, 3.05) is 0 Å². The Balaban J connectivity index is 1.11. The number of hydrogen-bond acceptors (Lipinski definition) is 3. The Kier molecular flexibility index (Phi) is 7.82. The van der Waals surface area contributed by atoms with Gasteiger partial charge in [-0.05, 0) is 110 Å². The molecule has 0 atom stereocenters. The van der Waals surface area contributed by atoms with E-state index >= 15 is 0 Å². The van der Waals surface area contributed by atoms with E-state index in [1.165, 1.54) is 32.7 Å². The molecule has 0 fully saturated rings. The van der Waals surface area contributed by atoms with Crippen LogP contribution in [0.15, 0.2) is 211 Å². The first-order chi connectivity index (χ1) is 28.2. The van der Waals surface area contributed by atoms with Crippen LogP contribution in [0.25, 0.3) is 111 Å². The van der Waals surface area contributed by atoms with Crippen molar-refractivity contribution < 1.29 is 4.42 Å². The molecule has 3 heteroatoms. The molecule has 2 heterocycles. The zero-order valence-electron chi connectivity index (χ0n) is 30.9. The van der Waals surface area contributed by atoms with Gasteiger partial charge in [0.05, 0.1) is 11.4 Å². The van der Waals surface area contributed by atoms with Gasteiger partial charge < -0.3 is 4.42 Å². The number of rotatable bonds is 6. The molecule has 0 radical (unpaired) electrons. The molecule has 11 rings (SSSR count). The molecule has 2 aromatic heterocycles. The fraction of sp³-hybridized carbons (Fsp3) is 0. The summed E-state index contributed by atoms with van der Waals surface area (Å²) in [5, 5.41) is 7.22. The lowest BCUT2D eigenvalue weighted by molar-refractivity contribution is 0.669. The smallest absolute Gasteiger partial charge is 0.160 e.